The zero-order chi connectivity index (χ0) is 17.4. The SMILES string of the molecule is CC1Cc2ccccc2N1c1cnnc(Nc2cc(Cl)ccc2Cl)n1. The minimum absolute atomic E-state index is 0.303. The number of rotatable bonds is 3. The fourth-order valence-corrected chi connectivity index (χ4v) is 3.43. The average molecular weight is 372 g/mol. The van der Waals surface area contributed by atoms with Crippen LogP contribution in [0.25, 0.3) is 0 Å². The molecule has 0 amide bonds. The summed E-state index contributed by atoms with van der Waals surface area (Å²) in [4.78, 5) is 6.78. The monoisotopic (exact) mass is 371 g/mol. The minimum atomic E-state index is 0.303. The molecule has 1 atom stereocenters. The number of benzene rings is 2. The van der Waals surface area contributed by atoms with Crippen LogP contribution in [0.4, 0.5) is 23.1 Å². The summed E-state index contributed by atoms with van der Waals surface area (Å²) in [5.41, 5.74) is 3.10. The number of fused-ring (bicyclic) bond motifs is 1. The molecule has 3 aromatic rings. The number of para-hydroxylation sites is 1. The summed E-state index contributed by atoms with van der Waals surface area (Å²) in [6.07, 6.45) is 2.65. The number of nitrogens with zero attached hydrogens (tertiary/aromatic N) is 4. The molecule has 1 aliphatic heterocycles. The predicted octanol–water partition coefficient (Wildman–Crippen LogP) is 5.00. The van der Waals surface area contributed by atoms with Gasteiger partial charge in [-0.25, -0.2) is 0 Å². The summed E-state index contributed by atoms with van der Waals surface area (Å²) in [6.45, 7) is 2.17. The number of aromatic nitrogens is 3. The van der Waals surface area contributed by atoms with E-state index >= 15 is 0 Å². The van der Waals surface area contributed by atoms with Crippen molar-refractivity contribution < 1.29 is 0 Å². The fourth-order valence-electron chi connectivity index (χ4n) is 3.09. The molecule has 5 nitrogen and oxygen atoms in total. The fraction of sp³-hybridized carbons (Fsp3) is 0.167. The van der Waals surface area contributed by atoms with Gasteiger partial charge in [0.2, 0.25) is 5.95 Å². The van der Waals surface area contributed by atoms with Crippen molar-refractivity contribution in [1.29, 1.82) is 0 Å². The summed E-state index contributed by atoms with van der Waals surface area (Å²) >= 11 is 12.2. The van der Waals surface area contributed by atoms with Crippen molar-refractivity contribution >= 4 is 46.3 Å². The Morgan fingerprint density at radius 2 is 2.00 bits per heavy atom. The second kappa shape index (κ2) is 6.50. The molecule has 0 aliphatic carbocycles. The lowest BCUT2D eigenvalue weighted by Gasteiger charge is -2.23. The first-order valence-electron chi connectivity index (χ1n) is 7.91. The molecule has 0 saturated heterocycles. The lowest BCUT2D eigenvalue weighted by atomic mass is 10.1. The zero-order valence-electron chi connectivity index (χ0n) is 13.4. The van der Waals surface area contributed by atoms with Crippen LogP contribution < -0.4 is 10.2 Å². The highest BCUT2D eigenvalue weighted by atomic mass is 35.5. The summed E-state index contributed by atoms with van der Waals surface area (Å²) in [7, 11) is 0. The Morgan fingerprint density at radius 1 is 1.16 bits per heavy atom. The van der Waals surface area contributed by atoms with E-state index in [1.54, 1.807) is 24.4 Å². The Kier molecular flexibility index (Phi) is 4.19. The number of nitrogens with one attached hydrogen (secondary N) is 1. The van der Waals surface area contributed by atoms with Crippen LogP contribution >= 0.6 is 23.2 Å². The molecule has 0 fully saturated rings. The van der Waals surface area contributed by atoms with Crippen LogP contribution in [0.3, 0.4) is 0 Å². The van der Waals surface area contributed by atoms with E-state index in [4.69, 9.17) is 23.2 Å². The van der Waals surface area contributed by atoms with Gasteiger partial charge in [0.15, 0.2) is 5.82 Å². The highest BCUT2D eigenvalue weighted by molar-refractivity contribution is 6.35. The molecule has 7 heteroatoms. The third kappa shape index (κ3) is 3.13. The van der Waals surface area contributed by atoms with E-state index in [2.05, 4.69) is 50.5 Å². The normalized spacial score (nSPS) is 16.0. The maximum absolute atomic E-state index is 6.20. The molecule has 0 saturated carbocycles. The van der Waals surface area contributed by atoms with Gasteiger partial charge >= 0.3 is 0 Å². The first-order chi connectivity index (χ1) is 12.1. The quantitative estimate of drug-likeness (QED) is 0.701. The van der Waals surface area contributed by atoms with Crippen LogP contribution in [0.15, 0.2) is 48.7 Å². The molecule has 1 aromatic heterocycles. The standard InChI is InChI=1S/C18H15Cl2N5/c1-11-8-12-4-2-3-5-16(12)25(11)17-10-21-24-18(23-17)22-15-9-13(19)6-7-14(15)20/h2-7,9-11H,8H2,1H3,(H,22,23,24). The van der Waals surface area contributed by atoms with Crippen molar-refractivity contribution in [3.63, 3.8) is 0 Å². The molecule has 25 heavy (non-hydrogen) atoms. The lowest BCUT2D eigenvalue weighted by molar-refractivity contribution is 0.745. The van der Waals surface area contributed by atoms with Gasteiger partial charge < -0.3 is 10.2 Å². The molecule has 4 rings (SSSR count). The van der Waals surface area contributed by atoms with E-state index in [-0.39, 0.29) is 0 Å². The van der Waals surface area contributed by atoms with Gasteiger partial charge in [-0.05, 0) is 43.2 Å². The molecular weight excluding hydrogens is 357 g/mol. The average Bonchev–Trinajstić information content (AvgIpc) is 2.94. The molecule has 2 heterocycles. The summed E-state index contributed by atoms with van der Waals surface area (Å²) < 4.78 is 0. The summed E-state index contributed by atoms with van der Waals surface area (Å²) in [5, 5.41) is 12.4. The van der Waals surface area contributed by atoms with E-state index < -0.39 is 0 Å². The van der Waals surface area contributed by atoms with Gasteiger partial charge in [-0.2, -0.15) is 10.1 Å². The zero-order valence-corrected chi connectivity index (χ0v) is 15.0. The van der Waals surface area contributed by atoms with Crippen molar-refractivity contribution in [3.05, 3.63) is 64.3 Å². The molecule has 1 N–H and O–H groups in total. The molecule has 1 unspecified atom stereocenters. The van der Waals surface area contributed by atoms with Crippen LogP contribution in [0.2, 0.25) is 10.0 Å². The van der Waals surface area contributed by atoms with Gasteiger partial charge in [0.05, 0.1) is 16.9 Å². The van der Waals surface area contributed by atoms with Gasteiger partial charge in [0.1, 0.15) is 0 Å². The Balaban J connectivity index is 1.67. The van der Waals surface area contributed by atoms with Gasteiger partial charge in [0.25, 0.3) is 0 Å². The Bertz CT molecular complexity index is 931. The number of halogens is 2. The van der Waals surface area contributed by atoms with Crippen LogP contribution in [0.1, 0.15) is 12.5 Å². The molecular formula is C18H15Cl2N5. The van der Waals surface area contributed by atoms with E-state index in [9.17, 15) is 0 Å². The highest BCUT2D eigenvalue weighted by Crippen LogP contribution is 2.37. The minimum Gasteiger partial charge on any atom is -0.322 e. The topological polar surface area (TPSA) is 53.9 Å². The Hall–Kier alpha value is -2.37. The number of hydrogen-bond donors (Lipinski definition) is 1. The second-order valence-corrected chi connectivity index (χ2v) is 6.78. The molecule has 126 valence electrons. The first-order valence-corrected chi connectivity index (χ1v) is 8.66. The predicted molar refractivity (Wildman–Crippen MR) is 101 cm³/mol. The largest absolute Gasteiger partial charge is 0.322 e. The van der Waals surface area contributed by atoms with E-state index in [0.29, 0.717) is 27.7 Å². The van der Waals surface area contributed by atoms with Crippen molar-refractivity contribution in [2.24, 2.45) is 0 Å². The summed E-state index contributed by atoms with van der Waals surface area (Å²) in [5.74, 6) is 1.12. The molecule has 0 bridgehead atoms. The van der Waals surface area contributed by atoms with Gasteiger partial charge in [0, 0.05) is 16.8 Å². The molecule has 2 aromatic carbocycles. The van der Waals surface area contributed by atoms with Gasteiger partial charge in [-0.3, -0.25) is 0 Å². The Labute approximate surface area is 155 Å². The maximum atomic E-state index is 6.20. The smallest absolute Gasteiger partial charge is 0.249 e. The first kappa shape index (κ1) is 16.1. The Morgan fingerprint density at radius 3 is 2.88 bits per heavy atom. The van der Waals surface area contributed by atoms with Crippen molar-refractivity contribution in [2.45, 2.75) is 19.4 Å². The third-order valence-electron chi connectivity index (χ3n) is 4.18. The number of hydrogen-bond acceptors (Lipinski definition) is 5. The molecule has 0 radical (unpaired) electrons. The van der Waals surface area contributed by atoms with Crippen molar-refractivity contribution in [1.82, 2.24) is 15.2 Å². The highest BCUT2D eigenvalue weighted by Gasteiger charge is 2.28. The van der Waals surface area contributed by atoms with Gasteiger partial charge in [-0.15, -0.1) is 5.10 Å². The van der Waals surface area contributed by atoms with Crippen LogP contribution in [0, 0.1) is 0 Å². The van der Waals surface area contributed by atoms with E-state index in [1.165, 1.54) is 5.56 Å². The third-order valence-corrected chi connectivity index (χ3v) is 4.74. The number of anilines is 4. The van der Waals surface area contributed by atoms with E-state index in [1.807, 2.05) is 6.07 Å². The summed E-state index contributed by atoms with van der Waals surface area (Å²) in [6, 6.07) is 13.8. The van der Waals surface area contributed by atoms with E-state index in [0.717, 1.165) is 17.9 Å². The van der Waals surface area contributed by atoms with Crippen molar-refractivity contribution in [3.8, 4) is 0 Å². The molecule has 1 aliphatic rings. The van der Waals surface area contributed by atoms with Crippen LogP contribution in [-0.2, 0) is 6.42 Å². The van der Waals surface area contributed by atoms with Crippen LogP contribution in [0.5, 0.6) is 0 Å². The van der Waals surface area contributed by atoms with Gasteiger partial charge in [-0.1, -0.05) is 41.4 Å². The second-order valence-electron chi connectivity index (χ2n) is 5.94. The van der Waals surface area contributed by atoms with Crippen molar-refractivity contribution in [2.75, 3.05) is 10.2 Å². The maximum Gasteiger partial charge on any atom is 0.249 e. The lowest BCUT2D eigenvalue weighted by Crippen LogP contribution is -2.25. The molecule has 0 spiro atoms. The van der Waals surface area contributed by atoms with Crippen LogP contribution in [-0.4, -0.2) is 21.2 Å².